The maximum atomic E-state index is 4.93. The van der Waals surface area contributed by atoms with Crippen molar-refractivity contribution in [2.24, 2.45) is 0 Å². The van der Waals surface area contributed by atoms with Crippen LogP contribution < -0.4 is 0 Å². The molecule has 0 amide bonds. The fraction of sp³-hybridized carbons (Fsp3) is 0.111. The maximum absolute atomic E-state index is 4.93. The van der Waals surface area contributed by atoms with Crippen molar-refractivity contribution in [2.45, 2.75) is 19.8 Å². The van der Waals surface area contributed by atoms with Crippen LogP contribution in [0.25, 0.3) is 44.2 Å². The predicted octanol–water partition coefficient (Wildman–Crippen LogP) is 7.24. The maximum Gasteiger partial charge on any atom is 0.159 e. The van der Waals surface area contributed by atoms with E-state index in [1.807, 2.05) is 6.20 Å². The normalized spacial score (nSPS) is 11.4. The van der Waals surface area contributed by atoms with Crippen molar-refractivity contribution in [1.82, 2.24) is 9.97 Å². The predicted molar refractivity (Wildman–Crippen MR) is 122 cm³/mol. The molecule has 2 heteroatoms. The molecule has 2 nitrogen and oxygen atoms in total. The summed E-state index contributed by atoms with van der Waals surface area (Å²) in [4.78, 5) is 9.58. The highest BCUT2D eigenvalue weighted by atomic mass is 14.9. The fourth-order valence-electron chi connectivity index (χ4n) is 3.80. The minimum atomic E-state index is 0.538. The molecule has 1 aromatic heterocycles. The summed E-state index contributed by atoms with van der Waals surface area (Å²) < 4.78 is 0. The van der Waals surface area contributed by atoms with Crippen LogP contribution in [0.4, 0.5) is 0 Å². The lowest BCUT2D eigenvalue weighted by Gasteiger charge is -2.09. The lowest BCUT2D eigenvalue weighted by molar-refractivity contribution is 0.867. The third kappa shape index (κ3) is 3.27. The standard InChI is InChI=1S/C27H22N2/c1-18(2)19-10-12-20(13-11-19)22-7-5-8-23(16-22)27-28-17-24-15-14-21-6-3-4-9-25(21)26(24)29-27/h3-18H,1-2H3. The lowest BCUT2D eigenvalue weighted by Crippen LogP contribution is -1.92. The third-order valence-corrected chi connectivity index (χ3v) is 5.51. The van der Waals surface area contributed by atoms with Gasteiger partial charge in [0.05, 0.1) is 5.52 Å². The molecule has 0 saturated heterocycles. The van der Waals surface area contributed by atoms with Crippen molar-refractivity contribution in [2.75, 3.05) is 0 Å². The Morgan fingerprint density at radius 1 is 0.655 bits per heavy atom. The Bertz CT molecular complexity index is 1320. The summed E-state index contributed by atoms with van der Waals surface area (Å²) in [6.45, 7) is 4.44. The van der Waals surface area contributed by atoms with Crippen LogP contribution in [0.1, 0.15) is 25.3 Å². The first-order chi connectivity index (χ1) is 14.2. The average Bonchev–Trinajstić information content (AvgIpc) is 2.79. The van der Waals surface area contributed by atoms with Crippen molar-refractivity contribution in [3.63, 3.8) is 0 Å². The number of aromatic nitrogens is 2. The Morgan fingerprint density at radius 2 is 1.41 bits per heavy atom. The molecule has 0 atom stereocenters. The Kier molecular flexibility index (Phi) is 4.33. The molecule has 0 aliphatic rings. The molecule has 0 bridgehead atoms. The highest BCUT2D eigenvalue weighted by Gasteiger charge is 2.08. The van der Waals surface area contributed by atoms with E-state index in [4.69, 9.17) is 4.98 Å². The molecule has 140 valence electrons. The molecule has 5 aromatic rings. The molecule has 0 N–H and O–H groups in total. The largest absolute Gasteiger partial charge is 0.236 e. The second-order valence-electron chi connectivity index (χ2n) is 7.78. The molecule has 0 radical (unpaired) electrons. The number of hydrogen-bond donors (Lipinski definition) is 0. The van der Waals surface area contributed by atoms with E-state index in [0.717, 1.165) is 27.7 Å². The number of benzene rings is 4. The molecule has 1 heterocycles. The van der Waals surface area contributed by atoms with Crippen molar-refractivity contribution in [3.05, 3.63) is 96.7 Å². The minimum absolute atomic E-state index is 0.538. The van der Waals surface area contributed by atoms with E-state index in [0.29, 0.717) is 5.92 Å². The molecule has 0 saturated carbocycles. The van der Waals surface area contributed by atoms with Crippen molar-refractivity contribution in [3.8, 4) is 22.5 Å². The van der Waals surface area contributed by atoms with Crippen LogP contribution >= 0.6 is 0 Å². The smallest absolute Gasteiger partial charge is 0.159 e. The molecule has 29 heavy (non-hydrogen) atoms. The molecule has 0 spiro atoms. The second kappa shape index (κ2) is 7.14. The zero-order valence-corrected chi connectivity index (χ0v) is 16.6. The van der Waals surface area contributed by atoms with Gasteiger partial charge >= 0.3 is 0 Å². The second-order valence-corrected chi connectivity index (χ2v) is 7.78. The van der Waals surface area contributed by atoms with Gasteiger partial charge in [0.15, 0.2) is 5.82 Å². The molecular weight excluding hydrogens is 352 g/mol. The Hall–Kier alpha value is -3.52. The van der Waals surface area contributed by atoms with Gasteiger partial charge in [-0.25, -0.2) is 9.97 Å². The van der Waals surface area contributed by atoms with Crippen LogP contribution in [-0.2, 0) is 0 Å². The monoisotopic (exact) mass is 374 g/mol. The van der Waals surface area contributed by atoms with E-state index in [1.165, 1.54) is 22.1 Å². The van der Waals surface area contributed by atoms with Crippen LogP contribution in [-0.4, -0.2) is 9.97 Å². The van der Waals surface area contributed by atoms with Crippen LogP contribution in [0.5, 0.6) is 0 Å². The van der Waals surface area contributed by atoms with Crippen LogP contribution in [0.15, 0.2) is 91.1 Å². The summed E-state index contributed by atoms with van der Waals surface area (Å²) in [7, 11) is 0. The van der Waals surface area contributed by atoms with Crippen molar-refractivity contribution in [1.29, 1.82) is 0 Å². The number of rotatable bonds is 3. The number of hydrogen-bond acceptors (Lipinski definition) is 2. The molecule has 5 rings (SSSR count). The third-order valence-electron chi connectivity index (χ3n) is 5.51. The summed E-state index contributed by atoms with van der Waals surface area (Å²) in [5.41, 5.74) is 5.78. The van der Waals surface area contributed by atoms with Crippen LogP contribution in [0, 0.1) is 0 Å². The summed E-state index contributed by atoms with van der Waals surface area (Å²) in [6, 6.07) is 29.9. The number of nitrogens with zero attached hydrogens (tertiary/aromatic N) is 2. The van der Waals surface area contributed by atoms with E-state index < -0.39 is 0 Å². The lowest BCUT2D eigenvalue weighted by atomic mass is 9.98. The van der Waals surface area contributed by atoms with E-state index in [2.05, 4.69) is 104 Å². The van der Waals surface area contributed by atoms with Crippen LogP contribution in [0.3, 0.4) is 0 Å². The van der Waals surface area contributed by atoms with Gasteiger partial charge in [-0.3, -0.25) is 0 Å². The topological polar surface area (TPSA) is 25.8 Å². The van der Waals surface area contributed by atoms with Gasteiger partial charge in [-0.15, -0.1) is 0 Å². The quantitative estimate of drug-likeness (QED) is 0.311. The summed E-state index contributed by atoms with van der Waals surface area (Å²) in [6.07, 6.45) is 1.92. The zero-order valence-electron chi connectivity index (χ0n) is 16.6. The number of fused-ring (bicyclic) bond motifs is 3. The molecule has 0 unspecified atom stereocenters. The van der Waals surface area contributed by atoms with Gasteiger partial charge in [0.25, 0.3) is 0 Å². The van der Waals surface area contributed by atoms with Gasteiger partial charge in [0.2, 0.25) is 0 Å². The highest BCUT2D eigenvalue weighted by molar-refractivity contribution is 6.05. The van der Waals surface area contributed by atoms with E-state index >= 15 is 0 Å². The first kappa shape index (κ1) is 17.6. The Morgan fingerprint density at radius 3 is 2.24 bits per heavy atom. The first-order valence-electron chi connectivity index (χ1n) is 10.0. The summed E-state index contributed by atoms with van der Waals surface area (Å²) in [5.74, 6) is 1.30. The molecule has 4 aromatic carbocycles. The van der Waals surface area contributed by atoms with Gasteiger partial charge in [0.1, 0.15) is 0 Å². The van der Waals surface area contributed by atoms with Crippen molar-refractivity contribution >= 4 is 21.7 Å². The van der Waals surface area contributed by atoms with Gasteiger partial charge < -0.3 is 0 Å². The minimum Gasteiger partial charge on any atom is -0.236 e. The van der Waals surface area contributed by atoms with Gasteiger partial charge in [-0.05, 0) is 34.1 Å². The fourth-order valence-corrected chi connectivity index (χ4v) is 3.80. The van der Waals surface area contributed by atoms with Crippen LogP contribution in [0.2, 0.25) is 0 Å². The average molecular weight is 374 g/mol. The van der Waals surface area contributed by atoms with Gasteiger partial charge in [-0.1, -0.05) is 92.7 Å². The van der Waals surface area contributed by atoms with Crippen molar-refractivity contribution < 1.29 is 0 Å². The molecule has 0 fully saturated rings. The van der Waals surface area contributed by atoms with E-state index in [9.17, 15) is 0 Å². The van der Waals surface area contributed by atoms with Gasteiger partial charge in [-0.2, -0.15) is 0 Å². The van der Waals surface area contributed by atoms with E-state index in [-0.39, 0.29) is 0 Å². The zero-order chi connectivity index (χ0) is 19.8. The van der Waals surface area contributed by atoms with E-state index in [1.54, 1.807) is 0 Å². The Balaban J connectivity index is 1.60. The summed E-state index contributed by atoms with van der Waals surface area (Å²) >= 11 is 0. The molecular formula is C27H22N2. The highest BCUT2D eigenvalue weighted by Crippen LogP contribution is 2.29. The first-order valence-corrected chi connectivity index (χ1v) is 10.0. The molecule has 0 aliphatic heterocycles. The molecule has 0 aliphatic carbocycles. The Labute approximate surface area is 170 Å². The SMILES string of the molecule is CC(C)c1ccc(-c2cccc(-c3ncc4ccc5ccccc5c4n3)c2)cc1. The summed E-state index contributed by atoms with van der Waals surface area (Å²) in [5, 5.41) is 3.42. The van der Waals surface area contributed by atoms with Gasteiger partial charge in [0, 0.05) is 22.5 Å².